The Kier molecular flexibility index (Phi) is 4.71. The molecule has 5 nitrogen and oxygen atoms in total. The van der Waals surface area contributed by atoms with Crippen LogP contribution in [0.25, 0.3) is 21.8 Å². The highest BCUT2D eigenvalue weighted by Gasteiger charge is 2.10. The topological polar surface area (TPSA) is 67.0 Å². The Balaban J connectivity index is 1.32. The summed E-state index contributed by atoms with van der Waals surface area (Å²) < 4.78 is 5.70. The van der Waals surface area contributed by atoms with Gasteiger partial charge < -0.3 is 15.0 Å². The summed E-state index contributed by atoms with van der Waals surface area (Å²) in [6.45, 7) is 0.494. The number of carbonyl (C=O) groups is 1. The van der Waals surface area contributed by atoms with Crippen molar-refractivity contribution in [1.82, 2.24) is 15.3 Å². The van der Waals surface area contributed by atoms with Gasteiger partial charge in [-0.3, -0.25) is 9.78 Å². The summed E-state index contributed by atoms with van der Waals surface area (Å²) >= 11 is 0. The van der Waals surface area contributed by atoms with Crippen molar-refractivity contribution in [3.8, 4) is 17.6 Å². The number of ether oxygens (including phenoxy) is 1. The quantitative estimate of drug-likeness (QED) is 0.550. The number of pyridine rings is 1. The molecule has 2 heterocycles. The first kappa shape index (κ1) is 16.7. The van der Waals surface area contributed by atoms with Crippen LogP contribution in [0.2, 0.25) is 0 Å². The number of benzene rings is 2. The van der Waals surface area contributed by atoms with Crippen LogP contribution in [0.1, 0.15) is 10.4 Å². The molecule has 4 rings (SSSR count). The van der Waals surface area contributed by atoms with Gasteiger partial charge in [-0.2, -0.15) is 0 Å². The Morgan fingerprint density at radius 3 is 2.93 bits per heavy atom. The largest absolute Gasteiger partial charge is 0.479 e. The third-order valence-electron chi connectivity index (χ3n) is 4.19. The van der Waals surface area contributed by atoms with Crippen molar-refractivity contribution in [3.63, 3.8) is 0 Å². The highest BCUT2D eigenvalue weighted by Crippen LogP contribution is 2.22. The lowest BCUT2D eigenvalue weighted by Gasteiger charge is -2.05. The number of carbonyl (C=O) groups excluding carboxylic acids is 1. The third-order valence-corrected chi connectivity index (χ3v) is 4.19. The highest BCUT2D eigenvalue weighted by molar-refractivity contribution is 6.06. The lowest BCUT2D eigenvalue weighted by Crippen LogP contribution is -2.23. The van der Waals surface area contributed by atoms with Crippen LogP contribution in [0, 0.1) is 11.8 Å². The Morgan fingerprint density at radius 2 is 1.96 bits per heavy atom. The lowest BCUT2D eigenvalue weighted by molar-refractivity contribution is 0.0960. The Morgan fingerprint density at radius 1 is 1.07 bits per heavy atom. The maximum absolute atomic E-state index is 12.3. The summed E-state index contributed by atoms with van der Waals surface area (Å²) in [5.41, 5.74) is 2.37. The second-order valence-electron chi connectivity index (χ2n) is 5.90. The van der Waals surface area contributed by atoms with Crippen LogP contribution in [0.4, 0.5) is 0 Å². The summed E-state index contributed by atoms with van der Waals surface area (Å²) in [4.78, 5) is 19.7. The van der Waals surface area contributed by atoms with E-state index in [1.807, 2.05) is 54.6 Å². The van der Waals surface area contributed by atoms with Gasteiger partial charge in [0, 0.05) is 28.7 Å². The van der Waals surface area contributed by atoms with E-state index in [0.717, 1.165) is 21.8 Å². The van der Waals surface area contributed by atoms with Crippen LogP contribution < -0.4 is 10.1 Å². The second kappa shape index (κ2) is 7.63. The molecule has 132 valence electrons. The molecule has 2 N–H and O–H groups in total. The van der Waals surface area contributed by atoms with E-state index in [1.54, 1.807) is 12.4 Å². The van der Waals surface area contributed by atoms with Crippen LogP contribution >= 0.6 is 0 Å². The molecule has 2 aromatic heterocycles. The number of aromatic nitrogens is 2. The van der Waals surface area contributed by atoms with Gasteiger partial charge in [-0.15, -0.1) is 0 Å². The number of rotatable bonds is 4. The predicted molar refractivity (Wildman–Crippen MR) is 106 cm³/mol. The molecule has 4 aromatic rings. The number of amides is 1. The fourth-order valence-corrected chi connectivity index (χ4v) is 2.90. The van der Waals surface area contributed by atoms with Crippen molar-refractivity contribution in [3.05, 3.63) is 72.6 Å². The molecule has 0 saturated heterocycles. The Labute approximate surface area is 156 Å². The zero-order valence-electron chi connectivity index (χ0n) is 14.5. The first-order valence-electron chi connectivity index (χ1n) is 8.59. The fourth-order valence-electron chi connectivity index (χ4n) is 2.90. The molecule has 2 aromatic carbocycles. The predicted octanol–water partition coefficient (Wildman–Crippen LogP) is 3.53. The number of para-hydroxylation sites is 2. The summed E-state index contributed by atoms with van der Waals surface area (Å²) in [6, 6.07) is 17.3. The average Bonchev–Trinajstić information content (AvgIpc) is 3.15. The molecule has 5 heteroatoms. The van der Waals surface area contributed by atoms with E-state index in [9.17, 15) is 4.79 Å². The minimum absolute atomic E-state index is 0.152. The monoisotopic (exact) mass is 355 g/mol. The summed E-state index contributed by atoms with van der Waals surface area (Å²) in [7, 11) is 0. The van der Waals surface area contributed by atoms with Crippen molar-refractivity contribution in [1.29, 1.82) is 0 Å². The molecule has 0 aliphatic heterocycles. The van der Waals surface area contributed by atoms with Gasteiger partial charge in [-0.25, -0.2) is 0 Å². The van der Waals surface area contributed by atoms with Gasteiger partial charge in [0.2, 0.25) is 0 Å². The molecule has 0 spiro atoms. The maximum Gasteiger partial charge on any atom is 0.254 e. The molecule has 0 fully saturated rings. The standard InChI is InChI=1S/C22H17N3O2/c26-22(18-15-25-19-10-2-1-9-17(18)19)24-12-3-4-14-27-20-11-5-7-16-8-6-13-23-21(16)20/h1-2,5-11,13,15,25H,12,14H2,(H,24,26). The number of hydrogen-bond acceptors (Lipinski definition) is 3. The van der Waals surface area contributed by atoms with E-state index in [2.05, 4.69) is 27.1 Å². The van der Waals surface area contributed by atoms with Gasteiger partial charge in [0.25, 0.3) is 5.91 Å². The molecule has 0 radical (unpaired) electrons. The van der Waals surface area contributed by atoms with E-state index in [-0.39, 0.29) is 19.1 Å². The van der Waals surface area contributed by atoms with Crippen LogP contribution in [0.15, 0.2) is 67.0 Å². The van der Waals surface area contributed by atoms with Gasteiger partial charge in [0.1, 0.15) is 17.9 Å². The van der Waals surface area contributed by atoms with Crippen molar-refractivity contribution >= 4 is 27.7 Å². The van der Waals surface area contributed by atoms with Gasteiger partial charge >= 0.3 is 0 Å². The van der Waals surface area contributed by atoms with Crippen LogP contribution in [0.5, 0.6) is 5.75 Å². The number of aromatic amines is 1. The number of nitrogens with zero attached hydrogens (tertiary/aromatic N) is 1. The minimum atomic E-state index is -0.152. The first-order valence-corrected chi connectivity index (χ1v) is 8.59. The summed E-state index contributed by atoms with van der Waals surface area (Å²) in [5, 5.41) is 4.73. The highest BCUT2D eigenvalue weighted by atomic mass is 16.5. The number of nitrogens with one attached hydrogen (secondary N) is 2. The lowest BCUT2D eigenvalue weighted by atomic mass is 10.1. The fraction of sp³-hybridized carbons (Fsp3) is 0.0909. The number of fused-ring (bicyclic) bond motifs is 2. The number of hydrogen-bond donors (Lipinski definition) is 2. The van der Waals surface area contributed by atoms with Gasteiger partial charge in [-0.05, 0) is 18.2 Å². The smallest absolute Gasteiger partial charge is 0.254 e. The van der Waals surface area contributed by atoms with Gasteiger partial charge in [0.15, 0.2) is 0 Å². The second-order valence-corrected chi connectivity index (χ2v) is 5.90. The maximum atomic E-state index is 12.3. The van der Waals surface area contributed by atoms with E-state index in [0.29, 0.717) is 11.3 Å². The average molecular weight is 355 g/mol. The molecular weight excluding hydrogens is 338 g/mol. The summed E-state index contributed by atoms with van der Waals surface area (Å²) in [5.74, 6) is 6.37. The minimum Gasteiger partial charge on any atom is -0.479 e. The van der Waals surface area contributed by atoms with Crippen molar-refractivity contribution in [2.24, 2.45) is 0 Å². The molecular formula is C22H17N3O2. The van der Waals surface area contributed by atoms with Crippen LogP contribution in [-0.4, -0.2) is 29.0 Å². The Bertz CT molecular complexity index is 1160. The van der Waals surface area contributed by atoms with Crippen molar-refractivity contribution in [2.75, 3.05) is 13.2 Å². The first-order chi connectivity index (χ1) is 13.3. The third kappa shape index (κ3) is 3.60. The molecule has 27 heavy (non-hydrogen) atoms. The Hall–Kier alpha value is -3.78. The van der Waals surface area contributed by atoms with Crippen LogP contribution in [-0.2, 0) is 0 Å². The molecule has 0 saturated carbocycles. The van der Waals surface area contributed by atoms with E-state index in [4.69, 9.17) is 4.74 Å². The molecule has 0 aliphatic rings. The summed E-state index contributed by atoms with van der Waals surface area (Å²) in [6.07, 6.45) is 3.45. The van der Waals surface area contributed by atoms with E-state index < -0.39 is 0 Å². The van der Waals surface area contributed by atoms with Gasteiger partial charge in [-0.1, -0.05) is 48.2 Å². The zero-order chi connectivity index (χ0) is 18.5. The van der Waals surface area contributed by atoms with E-state index in [1.165, 1.54) is 0 Å². The zero-order valence-corrected chi connectivity index (χ0v) is 14.5. The van der Waals surface area contributed by atoms with Gasteiger partial charge in [0.05, 0.1) is 12.1 Å². The van der Waals surface area contributed by atoms with E-state index >= 15 is 0 Å². The van der Waals surface area contributed by atoms with Crippen LogP contribution in [0.3, 0.4) is 0 Å². The molecule has 0 bridgehead atoms. The number of H-pyrrole nitrogens is 1. The molecule has 1 amide bonds. The molecule has 0 unspecified atom stereocenters. The van der Waals surface area contributed by atoms with Crippen molar-refractivity contribution in [2.45, 2.75) is 0 Å². The molecule has 0 atom stereocenters. The normalized spacial score (nSPS) is 10.4. The SMILES string of the molecule is O=C(NCC#CCOc1cccc2cccnc12)c1c[nH]c2ccccc12. The molecule has 0 aliphatic carbocycles. The van der Waals surface area contributed by atoms with Crippen molar-refractivity contribution < 1.29 is 9.53 Å².